The van der Waals surface area contributed by atoms with E-state index in [9.17, 15) is 27.9 Å². The molecule has 0 bridgehead atoms. The number of likely N-dealkylation sites (tertiary alicyclic amines) is 1. The van der Waals surface area contributed by atoms with Crippen molar-refractivity contribution in [3.8, 4) is 0 Å². The molecule has 0 radical (unpaired) electrons. The predicted molar refractivity (Wildman–Crippen MR) is 92.6 cm³/mol. The lowest BCUT2D eigenvalue weighted by molar-refractivity contribution is -0.253. The van der Waals surface area contributed by atoms with Crippen molar-refractivity contribution in [2.75, 3.05) is 33.7 Å². The number of imidazole rings is 1. The fourth-order valence-corrected chi connectivity index (χ4v) is 3.19. The molecule has 27 heavy (non-hydrogen) atoms. The van der Waals surface area contributed by atoms with Crippen molar-refractivity contribution in [1.82, 2.24) is 19.4 Å². The maximum atomic E-state index is 13.0. The number of H-pyrrole nitrogens is 1. The molecule has 1 aromatic carbocycles. The first kappa shape index (κ1) is 19.4. The van der Waals surface area contributed by atoms with E-state index in [2.05, 4.69) is 4.98 Å². The van der Waals surface area contributed by atoms with Crippen LogP contribution >= 0.6 is 0 Å². The van der Waals surface area contributed by atoms with Crippen molar-refractivity contribution < 1.29 is 23.1 Å². The van der Waals surface area contributed by atoms with Crippen LogP contribution in [0.4, 0.5) is 13.2 Å². The molecule has 3 rings (SSSR count). The summed E-state index contributed by atoms with van der Waals surface area (Å²) in [4.78, 5) is 30.3. The minimum Gasteiger partial charge on any atom is -0.379 e. The Balaban J connectivity index is 1.88. The van der Waals surface area contributed by atoms with Gasteiger partial charge in [-0.25, -0.2) is 4.79 Å². The SMILES string of the molecule is CN(C)CCn1c(=O)[nH]c2ccc(C(=O)N3CCC(O)(C(F)(F)F)C3)cc21. The molecule has 0 saturated carbocycles. The van der Waals surface area contributed by atoms with Crippen LogP contribution in [0, 0.1) is 0 Å². The molecule has 148 valence electrons. The van der Waals surface area contributed by atoms with Gasteiger partial charge in [-0.2, -0.15) is 13.2 Å². The number of fused-ring (bicyclic) bond motifs is 1. The predicted octanol–water partition coefficient (Wildman–Crippen LogP) is 1.03. The Morgan fingerprint density at radius 3 is 2.67 bits per heavy atom. The lowest BCUT2D eigenvalue weighted by Gasteiger charge is -2.25. The summed E-state index contributed by atoms with van der Waals surface area (Å²) in [6.45, 7) is 0.0260. The molecule has 1 fully saturated rings. The third-order valence-corrected chi connectivity index (χ3v) is 4.86. The lowest BCUT2D eigenvalue weighted by atomic mass is 10.0. The van der Waals surface area contributed by atoms with E-state index in [0.29, 0.717) is 24.1 Å². The molecule has 1 aromatic heterocycles. The van der Waals surface area contributed by atoms with Crippen LogP contribution in [0.2, 0.25) is 0 Å². The molecule has 0 aliphatic carbocycles. The van der Waals surface area contributed by atoms with Crippen molar-refractivity contribution in [3.05, 3.63) is 34.2 Å². The summed E-state index contributed by atoms with van der Waals surface area (Å²) < 4.78 is 40.4. The summed E-state index contributed by atoms with van der Waals surface area (Å²) in [5.41, 5.74) is -1.97. The quantitative estimate of drug-likeness (QED) is 0.823. The summed E-state index contributed by atoms with van der Waals surface area (Å²) in [7, 11) is 3.73. The third-order valence-electron chi connectivity index (χ3n) is 4.86. The fraction of sp³-hybridized carbons (Fsp3) is 0.529. The highest BCUT2D eigenvalue weighted by atomic mass is 19.4. The molecule has 1 amide bonds. The number of benzene rings is 1. The first-order valence-electron chi connectivity index (χ1n) is 8.47. The number of hydrogen-bond donors (Lipinski definition) is 2. The number of rotatable bonds is 4. The maximum absolute atomic E-state index is 13.0. The second-order valence-corrected chi connectivity index (χ2v) is 7.12. The highest BCUT2D eigenvalue weighted by Gasteiger charge is 2.57. The van der Waals surface area contributed by atoms with E-state index in [-0.39, 0.29) is 17.8 Å². The van der Waals surface area contributed by atoms with E-state index < -0.39 is 30.7 Å². The van der Waals surface area contributed by atoms with Gasteiger partial charge < -0.3 is 19.9 Å². The number of alkyl halides is 3. The average molecular weight is 386 g/mol. The zero-order valence-corrected chi connectivity index (χ0v) is 15.0. The van der Waals surface area contributed by atoms with Gasteiger partial charge in [-0.3, -0.25) is 9.36 Å². The standard InChI is InChI=1S/C17H21F3N4O3/c1-22(2)7-8-24-13-9-11(3-4-12(13)21-15(24)26)14(25)23-6-5-16(27,10-23)17(18,19)20/h3-4,9,27H,5-8,10H2,1-2H3,(H,21,26). The molecule has 1 unspecified atom stereocenters. The van der Waals surface area contributed by atoms with Gasteiger partial charge in [-0.1, -0.05) is 0 Å². The summed E-state index contributed by atoms with van der Waals surface area (Å²) >= 11 is 0. The van der Waals surface area contributed by atoms with Crippen LogP contribution < -0.4 is 5.69 Å². The van der Waals surface area contributed by atoms with Gasteiger partial charge in [-0.05, 0) is 32.3 Å². The molecular weight excluding hydrogens is 365 g/mol. The Labute approximate surface area is 153 Å². The molecule has 1 aliphatic heterocycles. The number of aromatic nitrogens is 2. The maximum Gasteiger partial charge on any atom is 0.419 e. The van der Waals surface area contributed by atoms with Crippen LogP contribution in [0.5, 0.6) is 0 Å². The minimum absolute atomic E-state index is 0.173. The normalized spacial score (nSPS) is 20.8. The summed E-state index contributed by atoms with van der Waals surface area (Å²) in [5, 5.41) is 9.76. The number of amides is 1. The number of aliphatic hydroxyl groups is 1. The number of nitrogens with one attached hydrogen (secondary N) is 1. The van der Waals surface area contributed by atoms with Gasteiger partial charge >= 0.3 is 11.9 Å². The Bertz CT molecular complexity index is 918. The summed E-state index contributed by atoms with van der Waals surface area (Å²) in [6, 6.07) is 4.51. The number of hydrogen-bond acceptors (Lipinski definition) is 4. The molecule has 2 N–H and O–H groups in total. The number of β-amino-alcohol motifs (C(OH)–C–C–N with tert-alkyl or cyclic N) is 1. The van der Waals surface area contributed by atoms with E-state index in [1.54, 1.807) is 6.07 Å². The van der Waals surface area contributed by atoms with Gasteiger partial charge in [0.15, 0.2) is 5.60 Å². The summed E-state index contributed by atoms with van der Waals surface area (Å²) in [5.74, 6) is -0.607. The van der Waals surface area contributed by atoms with Gasteiger partial charge in [-0.15, -0.1) is 0 Å². The van der Waals surface area contributed by atoms with Crippen LogP contribution in [0.3, 0.4) is 0 Å². The molecule has 7 nitrogen and oxygen atoms in total. The van der Waals surface area contributed by atoms with Gasteiger partial charge in [0.1, 0.15) is 0 Å². The van der Waals surface area contributed by atoms with Gasteiger partial charge in [0, 0.05) is 31.6 Å². The van der Waals surface area contributed by atoms with Crippen LogP contribution in [0.15, 0.2) is 23.0 Å². The summed E-state index contributed by atoms with van der Waals surface area (Å²) in [6.07, 6.45) is -5.35. The molecular formula is C17H21F3N4O3. The van der Waals surface area contributed by atoms with Crippen molar-refractivity contribution in [3.63, 3.8) is 0 Å². The first-order chi connectivity index (χ1) is 12.5. The van der Waals surface area contributed by atoms with E-state index in [0.717, 1.165) is 4.90 Å². The van der Waals surface area contributed by atoms with E-state index in [1.807, 2.05) is 19.0 Å². The van der Waals surface area contributed by atoms with Crippen molar-refractivity contribution >= 4 is 16.9 Å². The van der Waals surface area contributed by atoms with E-state index in [4.69, 9.17) is 0 Å². The van der Waals surface area contributed by atoms with Gasteiger partial charge in [0.25, 0.3) is 5.91 Å². The fourth-order valence-electron chi connectivity index (χ4n) is 3.19. The smallest absolute Gasteiger partial charge is 0.379 e. The van der Waals surface area contributed by atoms with E-state index >= 15 is 0 Å². The van der Waals surface area contributed by atoms with Crippen molar-refractivity contribution in [2.24, 2.45) is 0 Å². The Kier molecular flexibility index (Phi) is 4.81. The molecule has 1 aliphatic rings. The topological polar surface area (TPSA) is 81.6 Å². The monoisotopic (exact) mass is 386 g/mol. The number of halogens is 3. The van der Waals surface area contributed by atoms with Crippen molar-refractivity contribution in [1.29, 1.82) is 0 Å². The number of aromatic amines is 1. The van der Waals surface area contributed by atoms with Crippen LogP contribution in [-0.4, -0.2) is 75.9 Å². The molecule has 10 heteroatoms. The zero-order chi connectivity index (χ0) is 20.0. The molecule has 1 atom stereocenters. The highest BCUT2D eigenvalue weighted by Crippen LogP contribution is 2.38. The number of carbonyl (C=O) groups is 1. The zero-order valence-electron chi connectivity index (χ0n) is 15.0. The average Bonchev–Trinajstić information content (AvgIpc) is 3.12. The molecule has 0 spiro atoms. The Morgan fingerprint density at radius 1 is 1.37 bits per heavy atom. The lowest BCUT2D eigenvalue weighted by Crippen LogP contribution is -2.48. The van der Waals surface area contributed by atoms with Gasteiger partial charge in [0.2, 0.25) is 0 Å². The molecule has 2 aromatic rings. The third kappa shape index (κ3) is 3.59. The highest BCUT2D eigenvalue weighted by molar-refractivity contribution is 5.97. The first-order valence-corrected chi connectivity index (χ1v) is 8.47. The molecule has 2 heterocycles. The second-order valence-electron chi connectivity index (χ2n) is 7.12. The van der Waals surface area contributed by atoms with Crippen LogP contribution in [0.25, 0.3) is 11.0 Å². The largest absolute Gasteiger partial charge is 0.419 e. The number of nitrogens with zero attached hydrogens (tertiary/aromatic N) is 3. The molecule has 1 saturated heterocycles. The number of carbonyl (C=O) groups excluding carboxylic acids is 1. The van der Waals surface area contributed by atoms with Crippen LogP contribution in [0.1, 0.15) is 16.8 Å². The van der Waals surface area contributed by atoms with Crippen molar-refractivity contribution in [2.45, 2.75) is 24.7 Å². The second kappa shape index (κ2) is 6.68. The van der Waals surface area contributed by atoms with Gasteiger partial charge in [0.05, 0.1) is 17.6 Å². The number of likely N-dealkylation sites (N-methyl/N-ethyl adjacent to an activating group) is 1. The van der Waals surface area contributed by atoms with E-state index in [1.165, 1.54) is 16.7 Å². The Hall–Kier alpha value is -2.33. The van der Waals surface area contributed by atoms with Crippen LogP contribution in [-0.2, 0) is 6.54 Å². The minimum atomic E-state index is -4.79. The Morgan fingerprint density at radius 2 is 2.07 bits per heavy atom.